The number of nitrogens with two attached hydrogens (primary N) is 1. The maximum atomic E-state index is 12.8. The number of rotatable bonds is 6. The standard InChI is InChI=1S/C13H14F5N3O2/c14-12(15,6-19)7-21-10(22)5-20-11(23)8-3-1-2-4-9(8)13(16,17)18/h1-4H,5-7,19H2,(H,20,23)(H,21,22). The Balaban J connectivity index is 2.63. The summed E-state index contributed by atoms with van der Waals surface area (Å²) in [5, 5.41) is 3.76. The minimum absolute atomic E-state index is 0.667. The van der Waals surface area contributed by atoms with Crippen molar-refractivity contribution in [1.82, 2.24) is 10.6 Å². The molecule has 4 N–H and O–H groups in total. The molecular formula is C13H14F5N3O2. The zero-order valence-electron chi connectivity index (χ0n) is 11.7. The molecule has 23 heavy (non-hydrogen) atoms. The van der Waals surface area contributed by atoms with Gasteiger partial charge in [-0.25, -0.2) is 8.78 Å². The third kappa shape index (κ3) is 5.81. The van der Waals surface area contributed by atoms with Gasteiger partial charge in [0.05, 0.1) is 30.8 Å². The van der Waals surface area contributed by atoms with Crippen LogP contribution < -0.4 is 16.4 Å². The average molecular weight is 339 g/mol. The van der Waals surface area contributed by atoms with Crippen LogP contribution in [0.4, 0.5) is 22.0 Å². The smallest absolute Gasteiger partial charge is 0.348 e. The van der Waals surface area contributed by atoms with Crippen LogP contribution in [0.25, 0.3) is 0 Å². The lowest BCUT2D eigenvalue weighted by molar-refractivity contribution is -0.137. The Labute approximate surface area is 128 Å². The zero-order valence-corrected chi connectivity index (χ0v) is 11.7. The molecule has 1 aromatic rings. The van der Waals surface area contributed by atoms with E-state index in [9.17, 15) is 31.5 Å². The van der Waals surface area contributed by atoms with Gasteiger partial charge in [-0.3, -0.25) is 9.59 Å². The lowest BCUT2D eigenvalue weighted by atomic mass is 10.1. The summed E-state index contributed by atoms with van der Waals surface area (Å²) in [7, 11) is 0. The predicted molar refractivity (Wildman–Crippen MR) is 70.8 cm³/mol. The minimum Gasteiger partial charge on any atom is -0.348 e. The van der Waals surface area contributed by atoms with E-state index in [1.807, 2.05) is 10.6 Å². The summed E-state index contributed by atoms with van der Waals surface area (Å²) in [6, 6.07) is 4.00. The Morgan fingerprint density at radius 3 is 2.22 bits per heavy atom. The van der Waals surface area contributed by atoms with Crippen molar-refractivity contribution in [2.24, 2.45) is 5.73 Å². The molecule has 0 saturated heterocycles. The van der Waals surface area contributed by atoms with Gasteiger partial charge in [0, 0.05) is 0 Å². The van der Waals surface area contributed by atoms with Gasteiger partial charge in [0.15, 0.2) is 0 Å². The summed E-state index contributed by atoms with van der Waals surface area (Å²) in [6.45, 7) is -2.75. The molecule has 0 unspecified atom stereocenters. The summed E-state index contributed by atoms with van der Waals surface area (Å²) in [5.41, 5.74) is 2.94. The first-order chi connectivity index (χ1) is 10.6. The highest BCUT2D eigenvalue weighted by atomic mass is 19.4. The molecule has 1 rings (SSSR count). The van der Waals surface area contributed by atoms with Gasteiger partial charge in [0.25, 0.3) is 11.8 Å². The molecule has 10 heteroatoms. The molecule has 2 amide bonds. The highest BCUT2D eigenvalue weighted by molar-refractivity contribution is 5.97. The molecule has 128 valence electrons. The second-order valence-corrected chi connectivity index (χ2v) is 4.56. The van der Waals surface area contributed by atoms with Crippen LogP contribution in [-0.2, 0) is 11.0 Å². The highest BCUT2D eigenvalue weighted by Gasteiger charge is 2.35. The Hall–Kier alpha value is -2.23. The van der Waals surface area contributed by atoms with Gasteiger partial charge >= 0.3 is 6.18 Å². The van der Waals surface area contributed by atoms with E-state index < -0.39 is 54.7 Å². The first-order valence-electron chi connectivity index (χ1n) is 6.36. The Bertz CT molecular complexity index is 575. The van der Waals surface area contributed by atoms with E-state index in [2.05, 4.69) is 0 Å². The van der Waals surface area contributed by atoms with E-state index in [0.717, 1.165) is 18.2 Å². The molecule has 1 aromatic carbocycles. The summed E-state index contributed by atoms with van der Waals surface area (Å²) in [4.78, 5) is 23.0. The largest absolute Gasteiger partial charge is 0.417 e. The monoisotopic (exact) mass is 339 g/mol. The number of hydrogen-bond acceptors (Lipinski definition) is 3. The van der Waals surface area contributed by atoms with Crippen molar-refractivity contribution in [3.8, 4) is 0 Å². The quantitative estimate of drug-likeness (QED) is 0.680. The number of carbonyl (C=O) groups is 2. The van der Waals surface area contributed by atoms with Crippen molar-refractivity contribution in [2.75, 3.05) is 19.6 Å². The van der Waals surface area contributed by atoms with Crippen molar-refractivity contribution in [3.63, 3.8) is 0 Å². The van der Waals surface area contributed by atoms with Gasteiger partial charge in [-0.15, -0.1) is 0 Å². The number of benzene rings is 1. The van der Waals surface area contributed by atoms with Gasteiger partial charge in [-0.2, -0.15) is 13.2 Å². The summed E-state index contributed by atoms with van der Waals surface area (Å²) < 4.78 is 63.9. The second kappa shape index (κ2) is 7.36. The normalized spacial score (nSPS) is 11.9. The third-order valence-electron chi connectivity index (χ3n) is 2.73. The van der Waals surface area contributed by atoms with E-state index in [-0.39, 0.29) is 0 Å². The number of nitrogens with one attached hydrogen (secondary N) is 2. The van der Waals surface area contributed by atoms with Crippen molar-refractivity contribution >= 4 is 11.8 Å². The van der Waals surface area contributed by atoms with Crippen LogP contribution >= 0.6 is 0 Å². The van der Waals surface area contributed by atoms with Gasteiger partial charge in [-0.05, 0) is 12.1 Å². The van der Waals surface area contributed by atoms with Crippen LogP contribution in [-0.4, -0.2) is 37.4 Å². The Kier molecular flexibility index (Phi) is 6.02. The van der Waals surface area contributed by atoms with Crippen molar-refractivity contribution in [3.05, 3.63) is 35.4 Å². The fraction of sp³-hybridized carbons (Fsp3) is 0.385. The van der Waals surface area contributed by atoms with E-state index in [4.69, 9.17) is 5.73 Å². The summed E-state index contributed by atoms with van der Waals surface area (Å²) in [5.74, 6) is -5.42. The molecule has 0 radical (unpaired) electrons. The number of hydrogen-bond donors (Lipinski definition) is 3. The highest BCUT2D eigenvalue weighted by Crippen LogP contribution is 2.31. The van der Waals surface area contributed by atoms with E-state index in [1.54, 1.807) is 0 Å². The van der Waals surface area contributed by atoms with Crippen LogP contribution in [0, 0.1) is 0 Å². The molecule has 5 nitrogen and oxygen atoms in total. The van der Waals surface area contributed by atoms with Crippen molar-refractivity contribution in [1.29, 1.82) is 0 Å². The fourth-order valence-corrected chi connectivity index (χ4v) is 1.55. The number of alkyl halides is 5. The summed E-state index contributed by atoms with van der Waals surface area (Å²) in [6.07, 6.45) is -4.74. The SMILES string of the molecule is NCC(F)(F)CNC(=O)CNC(=O)c1ccccc1C(F)(F)F. The van der Waals surface area contributed by atoms with Crippen LogP contribution in [0.1, 0.15) is 15.9 Å². The average Bonchev–Trinajstić information content (AvgIpc) is 2.50. The van der Waals surface area contributed by atoms with Crippen LogP contribution in [0.3, 0.4) is 0 Å². The maximum Gasteiger partial charge on any atom is 0.417 e. The number of amides is 2. The minimum atomic E-state index is -4.74. The van der Waals surface area contributed by atoms with Crippen molar-refractivity contribution < 1.29 is 31.5 Å². The molecule has 0 aliphatic heterocycles. The molecule has 0 aliphatic rings. The predicted octanol–water partition coefficient (Wildman–Crippen LogP) is 1.15. The van der Waals surface area contributed by atoms with Gasteiger partial charge in [0.1, 0.15) is 0 Å². The van der Waals surface area contributed by atoms with E-state index in [1.165, 1.54) is 6.07 Å². The topological polar surface area (TPSA) is 84.2 Å². The van der Waals surface area contributed by atoms with Gasteiger partial charge < -0.3 is 16.4 Å². The molecule has 0 heterocycles. The maximum absolute atomic E-state index is 12.8. The molecule has 0 aliphatic carbocycles. The van der Waals surface area contributed by atoms with E-state index in [0.29, 0.717) is 0 Å². The van der Waals surface area contributed by atoms with E-state index >= 15 is 0 Å². The lowest BCUT2D eigenvalue weighted by Crippen LogP contribution is -2.45. The Morgan fingerprint density at radius 1 is 1.04 bits per heavy atom. The first kappa shape index (κ1) is 18.8. The van der Waals surface area contributed by atoms with Crippen LogP contribution in [0.2, 0.25) is 0 Å². The number of halogens is 5. The second-order valence-electron chi connectivity index (χ2n) is 4.56. The van der Waals surface area contributed by atoms with Crippen LogP contribution in [0.5, 0.6) is 0 Å². The third-order valence-corrected chi connectivity index (χ3v) is 2.73. The fourth-order valence-electron chi connectivity index (χ4n) is 1.55. The Morgan fingerprint density at radius 2 is 1.65 bits per heavy atom. The molecule has 0 spiro atoms. The number of carbonyl (C=O) groups excluding carboxylic acids is 2. The molecule has 0 atom stereocenters. The first-order valence-corrected chi connectivity index (χ1v) is 6.36. The van der Waals surface area contributed by atoms with Crippen LogP contribution in [0.15, 0.2) is 24.3 Å². The van der Waals surface area contributed by atoms with Gasteiger partial charge in [0.2, 0.25) is 5.91 Å². The van der Waals surface area contributed by atoms with Gasteiger partial charge in [-0.1, -0.05) is 12.1 Å². The molecule has 0 aromatic heterocycles. The van der Waals surface area contributed by atoms with Crippen molar-refractivity contribution in [2.45, 2.75) is 12.1 Å². The lowest BCUT2D eigenvalue weighted by Gasteiger charge is -2.15. The molecule has 0 bridgehead atoms. The molecule has 0 fully saturated rings. The molecule has 0 saturated carbocycles. The molecular weight excluding hydrogens is 325 g/mol. The zero-order chi connectivity index (χ0) is 17.7. The summed E-state index contributed by atoms with van der Waals surface area (Å²) >= 11 is 0.